The van der Waals surface area contributed by atoms with Crippen LogP contribution in [-0.4, -0.2) is 65.4 Å². The predicted molar refractivity (Wildman–Crippen MR) is 144 cm³/mol. The third-order valence-corrected chi connectivity index (χ3v) is 6.85. The van der Waals surface area contributed by atoms with Crippen LogP contribution in [0.4, 0.5) is 0 Å². The number of aromatic nitrogens is 2. The van der Waals surface area contributed by atoms with Crippen LogP contribution in [-0.2, 0) is 15.1 Å². The van der Waals surface area contributed by atoms with E-state index in [1.165, 1.54) is 18.5 Å². The summed E-state index contributed by atoms with van der Waals surface area (Å²) >= 11 is 0. The number of nitrogens with zero attached hydrogens (tertiary/aromatic N) is 2. The highest BCUT2D eigenvalue weighted by Crippen LogP contribution is 2.42. The molecule has 1 aliphatic heterocycles. The Morgan fingerprint density at radius 3 is 1.95 bits per heavy atom. The molecule has 0 radical (unpaired) electrons. The molecular formula is C30H30N2O8. The highest BCUT2D eigenvalue weighted by molar-refractivity contribution is 5.49. The number of aliphatic hydroxyl groups is 2. The van der Waals surface area contributed by atoms with Gasteiger partial charge in [-0.25, -0.2) is 4.79 Å². The van der Waals surface area contributed by atoms with Crippen LogP contribution in [0.2, 0.25) is 0 Å². The Bertz CT molecular complexity index is 1400. The number of benzene rings is 3. The van der Waals surface area contributed by atoms with Crippen LogP contribution < -0.4 is 20.0 Å². The smallest absolute Gasteiger partial charge is 0.380 e. The van der Waals surface area contributed by atoms with E-state index in [1.807, 2.05) is 78.9 Å². The lowest BCUT2D eigenvalue weighted by Gasteiger charge is -2.37. The standard InChI is InChI=1S/C30H30N2O8/c1-36-23-13-9-21(10-14-23)30(20-7-4-3-5-8-20,22-11-15-24(37-2)16-12-22)38-19-25-26(33)27(34)28(39-25)40-32-18-6-17-31-29(32)35/h3-18,25-28,33-34H,19H2,1-2H3/t25-,26-,27-,28+/m1/s1. The molecule has 0 spiro atoms. The van der Waals surface area contributed by atoms with E-state index in [1.54, 1.807) is 14.2 Å². The van der Waals surface area contributed by atoms with Gasteiger partial charge in [-0.05, 0) is 47.0 Å². The average Bonchev–Trinajstić information content (AvgIpc) is 3.27. The fourth-order valence-electron chi connectivity index (χ4n) is 4.76. The van der Waals surface area contributed by atoms with Gasteiger partial charge in [-0.15, -0.1) is 4.73 Å². The third-order valence-electron chi connectivity index (χ3n) is 6.85. The quantitative estimate of drug-likeness (QED) is 0.288. The summed E-state index contributed by atoms with van der Waals surface area (Å²) in [5.74, 6) is 1.37. The zero-order valence-corrected chi connectivity index (χ0v) is 22.0. The molecule has 0 amide bonds. The van der Waals surface area contributed by atoms with E-state index in [2.05, 4.69) is 4.98 Å². The molecule has 208 valence electrons. The van der Waals surface area contributed by atoms with Crippen LogP contribution >= 0.6 is 0 Å². The first-order chi connectivity index (χ1) is 19.5. The molecule has 2 N–H and O–H groups in total. The predicted octanol–water partition coefficient (Wildman–Crippen LogP) is 2.14. The van der Waals surface area contributed by atoms with Crippen molar-refractivity contribution in [2.75, 3.05) is 20.8 Å². The van der Waals surface area contributed by atoms with E-state index in [4.69, 9.17) is 23.8 Å². The number of ether oxygens (including phenoxy) is 4. The van der Waals surface area contributed by atoms with Gasteiger partial charge < -0.3 is 34.0 Å². The molecule has 2 heterocycles. The molecule has 0 saturated carbocycles. The second kappa shape index (κ2) is 11.9. The minimum Gasteiger partial charge on any atom is -0.497 e. The van der Waals surface area contributed by atoms with Gasteiger partial charge in [-0.1, -0.05) is 54.6 Å². The third kappa shape index (κ3) is 5.30. The van der Waals surface area contributed by atoms with Crippen LogP contribution in [0.25, 0.3) is 0 Å². The second-order valence-electron chi connectivity index (χ2n) is 9.17. The van der Waals surface area contributed by atoms with Gasteiger partial charge in [-0.2, -0.15) is 4.98 Å². The second-order valence-corrected chi connectivity index (χ2v) is 9.17. The molecule has 1 saturated heterocycles. The molecular weight excluding hydrogens is 516 g/mol. The SMILES string of the molecule is COc1ccc(C(OC[C@H]2O[C@@H](On3cccnc3=O)[C@H](O)[C@@H]2O)(c2ccccc2)c2ccc(OC)cc2)cc1. The molecule has 0 bridgehead atoms. The number of aliphatic hydroxyl groups excluding tert-OH is 2. The van der Waals surface area contributed by atoms with Crippen molar-refractivity contribution < 1.29 is 34.0 Å². The average molecular weight is 547 g/mol. The number of rotatable bonds is 10. The van der Waals surface area contributed by atoms with Gasteiger partial charge in [0.2, 0.25) is 0 Å². The molecule has 10 nitrogen and oxygen atoms in total. The summed E-state index contributed by atoms with van der Waals surface area (Å²) in [5.41, 5.74) is 0.593. The number of hydrogen-bond donors (Lipinski definition) is 2. The lowest BCUT2D eigenvalue weighted by molar-refractivity contribution is -0.180. The summed E-state index contributed by atoms with van der Waals surface area (Å²) < 4.78 is 24.2. The van der Waals surface area contributed by atoms with Gasteiger partial charge in [0, 0.05) is 6.20 Å². The van der Waals surface area contributed by atoms with Crippen LogP contribution in [0, 0.1) is 0 Å². The van der Waals surface area contributed by atoms with Crippen molar-refractivity contribution in [2.45, 2.75) is 30.2 Å². The number of methoxy groups -OCH3 is 2. The minimum atomic E-state index is -1.44. The summed E-state index contributed by atoms with van der Waals surface area (Å²) in [7, 11) is 3.20. The Kier molecular flexibility index (Phi) is 8.13. The molecule has 0 unspecified atom stereocenters. The van der Waals surface area contributed by atoms with Crippen molar-refractivity contribution in [1.82, 2.24) is 9.71 Å². The summed E-state index contributed by atoms with van der Waals surface area (Å²) in [5, 5.41) is 21.5. The lowest BCUT2D eigenvalue weighted by atomic mass is 9.80. The Morgan fingerprint density at radius 1 is 0.825 bits per heavy atom. The van der Waals surface area contributed by atoms with Gasteiger partial charge in [0.1, 0.15) is 35.4 Å². The summed E-state index contributed by atoms with van der Waals surface area (Å²) in [4.78, 5) is 21.1. The lowest BCUT2D eigenvalue weighted by Crippen LogP contribution is -2.41. The minimum absolute atomic E-state index is 0.132. The summed E-state index contributed by atoms with van der Waals surface area (Å²) in [6.45, 7) is -0.132. The molecule has 1 aromatic heterocycles. The number of hydrogen-bond acceptors (Lipinski definition) is 9. The molecule has 1 aliphatic rings. The van der Waals surface area contributed by atoms with Gasteiger partial charge in [0.05, 0.1) is 27.0 Å². The van der Waals surface area contributed by atoms with E-state index in [9.17, 15) is 15.0 Å². The zero-order valence-electron chi connectivity index (χ0n) is 22.0. The van der Waals surface area contributed by atoms with Gasteiger partial charge in [0.15, 0.2) is 0 Å². The summed E-state index contributed by atoms with van der Waals surface area (Å²) in [6.07, 6.45) is -2.42. The molecule has 40 heavy (non-hydrogen) atoms. The van der Waals surface area contributed by atoms with E-state index >= 15 is 0 Å². The maximum absolute atomic E-state index is 12.0. The monoisotopic (exact) mass is 546 g/mol. The first-order valence-corrected chi connectivity index (χ1v) is 12.7. The van der Waals surface area contributed by atoms with Gasteiger partial charge in [-0.3, -0.25) is 0 Å². The maximum Gasteiger partial charge on any atom is 0.380 e. The van der Waals surface area contributed by atoms with E-state index in [0.717, 1.165) is 21.4 Å². The van der Waals surface area contributed by atoms with Crippen molar-refractivity contribution in [2.24, 2.45) is 0 Å². The van der Waals surface area contributed by atoms with Crippen molar-refractivity contribution in [1.29, 1.82) is 0 Å². The topological polar surface area (TPSA) is 122 Å². The van der Waals surface area contributed by atoms with Crippen LogP contribution in [0.1, 0.15) is 16.7 Å². The molecule has 4 aromatic rings. The Morgan fingerprint density at radius 2 is 1.40 bits per heavy atom. The van der Waals surface area contributed by atoms with Crippen molar-refractivity contribution >= 4 is 0 Å². The highest BCUT2D eigenvalue weighted by atomic mass is 16.8. The largest absolute Gasteiger partial charge is 0.497 e. The molecule has 0 aliphatic carbocycles. The first-order valence-electron chi connectivity index (χ1n) is 12.7. The zero-order chi connectivity index (χ0) is 28.1. The Hall–Kier alpha value is -4.22. The Labute approximate surface area is 230 Å². The first kappa shape index (κ1) is 27.4. The van der Waals surface area contributed by atoms with Gasteiger partial charge in [0.25, 0.3) is 6.29 Å². The van der Waals surface area contributed by atoms with Crippen molar-refractivity contribution in [3.05, 3.63) is 124 Å². The van der Waals surface area contributed by atoms with E-state index in [0.29, 0.717) is 11.5 Å². The normalized spacial score (nSPS) is 20.7. The van der Waals surface area contributed by atoms with Crippen LogP contribution in [0.15, 0.2) is 102 Å². The van der Waals surface area contributed by atoms with Crippen LogP contribution in [0.5, 0.6) is 11.5 Å². The summed E-state index contributed by atoms with van der Waals surface area (Å²) in [6, 6.07) is 26.2. The molecule has 3 aromatic carbocycles. The fourth-order valence-corrected chi connectivity index (χ4v) is 4.76. The highest BCUT2D eigenvalue weighted by Gasteiger charge is 2.47. The van der Waals surface area contributed by atoms with Crippen molar-refractivity contribution in [3.63, 3.8) is 0 Å². The molecule has 1 fully saturated rings. The van der Waals surface area contributed by atoms with E-state index < -0.39 is 35.9 Å². The Balaban J connectivity index is 1.51. The van der Waals surface area contributed by atoms with Crippen molar-refractivity contribution in [3.8, 4) is 11.5 Å². The molecule has 4 atom stereocenters. The van der Waals surface area contributed by atoms with Gasteiger partial charge >= 0.3 is 5.69 Å². The fraction of sp³-hybridized carbons (Fsp3) is 0.267. The van der Waals surface area contributed by atoms with E-state index in [-0.39, 0.29) is 6.61 Å². The molecule has 5 rings (SSSR count). The van der Waals surface area contributed by atoms with Crippen LogP contribution in [0.3, 0.4) is 0 Å². The maximum atomic E-state index is 12.0. The molecule has 10 heteroatoms.